The maximum atomic E-state index is 13.6. The zero-order valence-electron chi connectivity index (χ0n) is 19.5. The number of aromatic nitrogens is 6. The van der Waals surface area contributed by atoms with Crippen LogP contribution in [0.1, 0.15) is 49.9 Å². The maximum Gasteiger partial charge on any atom is 0.265 e. The topological polar surface area (TPSA) is 70.5 Å². The molecule has 170 valence electrons. The fourth-order valence-corrected chi connectivity index (χ4v) is 4.53. The second-order valence-corrected chi connectivity index (χ2v) is 9.36. The first-order chi connectivity index (χ1) is 16.5. The molecular weight excluding hydrogens is 424 g/mol. The molecule has 3 aromatic heterocycles. The van der Waals surface area contributed by atoms with Crippen LogP contribution in [0.2, 0.25) is 0 Å². The second kappa shape index (κ2) is 7.80. The Hall–Kier alpha value is -4.00. The molecule has 1 aliphatic rings. The molecule has 5 aromatic rings. The highest BCUT2D eigenvalue weighted by Gasteiger charge is 2.26. The summed E-state index contributed by atoms with van der Waals surface area (Å²) in [6.07, 6.45) is 11.7. The molecule has 0 saturated heterocycles. The van der Waals surface area contributed by atoms with Gasteiger partial charge < -0.3 is 9.13 Å². The number of nitrogens with zero attached hydrogens (tertiary/aromatic N) is 6. The van der Waals surface area contributed by atoms with Crippen molar-refractivity contribution in [1.82, 2.24) is 28.7 Å². The molecular formula is C27H26N6O. The third-order valence-electron chi connectivity index (χ3n) is 6.56. The predicted molar refractivity (Wildman–Crippen MR) is 133 cm³/mol. The first kappa shape index (κ1) is 20.6. The van der Waals surface area contributed by atoms with Crippen LogP contribution in [0.5, 0.6) is 0 Å². The number of aryl methyl sites for hydroxylation is 1. The van der Waals surface area contributed by atoms with Crippen molar-refractivity contribution in [3.05, 3.63) is 89.3 Å². The van der Waals surface area contributed by atoms with Crippen molar-refractivity contribution in [2.75, 3.05) is 0 Å². The third-order valence-corrected chi connectivity index (χ3v) is 6.56. The fourth-order valence-electron chi connectivity index (χ4n) is 4.53. The average molecular weight is 451 g/mol. The summed E-state index contributed by atoms with van der Waals surface area (Å²) in [5.74, 6) is 1.46. The minimum Gasteiger partial charge on any atom is -0.328 e. The Bertz CT molecular complexity index is 1580. The number of imidazole rings is 2. The molecule has 3 heterocycles. The molecule has 0 radical (unpaired) electrons. The lowest BCUT2D eigenvalue weighted by molar-refractivity contribution is 0.606. The first-order valence-corrected chi connectivity index (χ1v) is 11.7. The molecule has 1 fully saturated rings. The van der Waals surface area contributed by atoms with Crippen LogP contribution in [-0.4, -0.2) is 28.7 Å². The lowest BCUT2D eigenvalue weighted by Crippen LogP contribution is -2.19. The molecule has 0 N–H and O–H groups in total. The monoisotopic (exact) mass is 450 g/mol. The highest BCUT2D eigenvalue weighted by molar-refractivity contribution is 5.81. The molecule has 0 bridgehead atoms. The van der Waals surface area contributed by atoms with E-state index in [0.29, 0.717) is 16.8 Å². The smallest absolute Gasteiger partial charge is 0.265 e. The highest BCUT2D eigenvalue weighted by Crippen LogP contribution is 2.39. The Kier molecular flexibility index (Phi) is 4.72. The third kappa shape index (κ3) is 3.44. The van der Waals surface area contributed by atoms with Crippen LogP contribution in [0.4, 0.5) is 0 Å². The largest absolute Gasteiger partial charge is 0.328 e. The normalized spacial score (nSPS) is 13.8. The number of hydrogen-bond acceptors (Lipinski definition) is 4. The summed E-state index contributed by atoms with van der Waals surface area (Å²) < 4.78 is 5.75. The van der Waals surface area contributed by atoms with Crippen molar-refractivity contribution >= 4 is 10.9 Å². The number of benzene rings is 2. The van der Waals surface area contributed by atoms with Crippen molar-refractivity contribution in [2.45, 2.75) is 45.6 Å². The van der Waals surface area contributed by atoms with E-state index in [0.717, 1.165) is 34.0 Å². The van der Waals surface area contributed by atoms with E-state index in [1.54, 1.807) is 17.1 Å². The van der Waals surface area contributed by atoms with E-state index in [9.17, 15) is 4.79 Å². The van der Waals surface area contributed by atoms with Gasteiger partial charge in [-0.05, 0) is 63.4 Å². The number of fused-ring (bicyclic) bond motifs is 1. The summed E-state index contributed by atoms with van der Waals surface area (Å²) in [4.78, 5) is 27.3. The van der Waals surface area contributed by atoms with Crippen molar-refractivity contribution in [3.8, 4) is 22.8 Å². The number of rotatable bonds is 5. The lowest BCUT2D eigenvalue weighted by Gasteiger charge is -2.13. The summed E-state index contributed by atoms with van der Waals surface area (Å²) in [7, 11) is 0. The minimum atomic E-state index is -0.0990. The summed E-state index contributed by atoms with van der Waals surface area (Å²) in [6, 6.07) is 12.1. The maximum absolute atomic E-state index is 13.6. The molecule has 7 nitrogen and oxygen atoms in total. The van der Waals surface area contributed by atoms with Crippen LogP contribution in [0.3, 0.4) is 0 Å². The molecule has 0 aliphatic heterocycles. The van der Waals surface area contributed by atoms with Crippen LogP contribution >= 0.6 is 0 Å². The van der Waals surface area contributed by atoms with Crippen LogP contribution in [0.15, 0.2) is 72.4 Å². The van der Waals surface area contributed by atoms with E-state index in [-0.39, 0.29) is 11.6 Å². The van der Waals surface area contributed by atoms with E-state index in [1.807, 2.05) is 60.4 Å². The summed E-state index contributed by atoms with van der Waals surface area (Å²) in [5.41, 5.74) is 5.44. The van der Waals surface area contributed by atoms with Gasteiger partial charge in [-0.15, -0.1) is 0 Å². The van der Waals surface area contributed by atoms with Gasteiger partial charge in [-0.2, -0.15) is 0 Å². The molecule has 0 spiro atoms. The van der Waals surface area contributed by atoms with Gasteiger partial charge in [-0.25, -0.2) is 15.0 Å². The van der Waals surface area contributed by atoms with Gasteiger partial charge in [0.25, 0.3) is 5.56 Å². The quantitative estimate of drug-likeness (QED) is 0.369. The van der Waals surface area contributed by atoms with Crippen LogP contribution in [-0.2, 0) is 0 Å². The van der Waals surface area contributed by atoms with E-state index in [2.05, 4.69) is 39.6 Å². The van der Waals surface area contributed by atoms with Crippen molar-refractivity contribution < 1.29 is 0 Å². The zero-order chi connectivity index (χ0) is 23.4. The predicted octanol–water partition coefficient (Wildman–Crippen LogP) is 5.20. The highest BCUT2D eigenvalue weighted by atomic mass is 16.1. The van der Waals surface area contributed by atoms with Gasteiger partial charge in [-0.3, -0.25) is 9.36 Å². The van der Waals surface area contributed by atoms with E-state index < -0.39 is 0 Å². The zero-order valence-corrected chi connectivity index (χ0v) is 19.5. The Morgan fingerprint density at radius 3 is 2.68 bits per heavy atom. The lowest BCUT2D eigenvalue weighted by atomic mass is 10.1. The van der Waals surface area contributed by atoms with Gasteiger partial charge in [0.05, 0.1) is 34.3 Å². The van der Waals surface area contributed by atoms with Gasteiger partial charge in [0, 0.05) is 36.1 Å². The van der Waals surface area contributed by atoms with Crippen molar-refractivity contribution in [1.29, 1.82) is 0 Å². The molecule has 6 rings (SSSR count). The van der Waals surface area contributed by atoms with Crippen LogP contribution < -0.4 is 5.56 Å². The van der Waals surface area contributed by atoms with Gasteiger partial charge in [0.2, 0.25) is 0 Å². The summed E-state index contributed by atoms with van der Waals surface area (Å²) >= 11 is 0. The first-order valence-electron chi connectivity index (χ1n) is 11.7. The van der Waals surface area contributed by atoms with Crippen molar-refractivity contribution in [3.63, 3.8) is 0 Å². The molecule has 1 aliphatic carbocycles. The van der Waals surface area contributed by atoms with Crippen LogP contribution in [0, 0.1) is 6.92 Å². The summed E-state index contributed by atoms with van der Waals surface area (Å²) in [5, 5.41) is 0.582. The molecule has 34 heavy (non-hydrogen) atoms. The van der Waals surface area contributed by atoms with Gasteiger partial charge >= 0.3 is 0 Å². The molecule has 2 aromatic carbocycles. The second-order valence-electron chi connectivity index (χ2n) is 9.36. The van der Waals surface area contributed by atoms with Crippen LogP contribution in [0.25, 0.3) is 33.7 Å². The summed E-state index contributed by atoms with van der Waals surface area (Å²) in [6.45, 7) is 6.29. The van der Waals surface area contributed by atoms with E-state index in [1.165, 1.54) is 12.8 Å². The van der Waals surface area contributed by atoms with Gasteiger partial charge in [-0.1, -0.05) is 12.1 Å². The molecule has 0 amide bonds. The molecule has 0 atom stereocenters. The van der Waals surface area contributed by atoms with Gasteiger partial charge in [0.1, 0.15) is 12.2 Å². The SMILES string of the molecule is Cc1cc2ncn(-c3cccc(-c4nccn4C(C)C)c3)c(=O)c2cc1-n1cnc(C2CC2)c1. The molecule has 1 saturated carbocycles. The minimum absolute atomic E-state index is 0.0990. The van der Waals surface area contributed by atoms with Gasteiger partial charge in [0.15, 0.2) is 0 Å². The van der Waals surface area contributed by atoms with E-state index in [4.69, 9.17) is 0 Å². The van der Waals surface area contributed by atoms with Crippen molar-refractivity contribution in [2.24, 2.45) is 0 Å². The Morgan fingerprint density at radius 2 is 1.88 bits per heavy atom. The fraction of sp³-hybridized carbons (Fsp3) is 0.259. The average Bonchev–Trinajstić information content (AvgIpc) is 3.35. The number of hydrogen-bond donors (Lipinski definition) is 0. The van der Waals surface area contributed by atoms with E-state index >= 15 is 0 Å². The molecule has 0 unspecified atom stereocenters. The standard InChI is InChI=1S/C27H26N6O/c1-17(2)32-10-9-28-26(32)20-5-4-6-21(12-20)33-16-30-23-11-18(3)25(13-22(23)27(33)34)31-14-24(29-15-31)19-7-8-19/h4-6,9-17,19H,7-8H2,1-3H3. The molecule has 7 heteroatoms. The Labute approximate surface area is 197 Å². The Morgan fingerprint density at radius 1 is 1.03 bits per heavy atom. The Balaban J connectivity index is 1.45.